The Morgan fingerprint density at radius 2 is 1.93 bits per heavy atom. The molecular formula is C16H21Br2N7O3. The van der Waals surface area contributed by atoms with Crippen molar-refractivity contribution in [1.29, 1.82) is 0 Å². The lowest BCUT2D eigenvalue weighted by Crippen LogP contribution is -2.45. The topological polar surface area (TPSA) is 113 Å². The van der Waals surface area contributed by atoms with Gasteiger partial charge in [0.25, 0.3) is 4.73 Å². The zero-order valence-electron chi connectivity index (χ0n) is 15.3. The Hall–Kier alpha value is -1.63. The molecule has 1 saturated heterocycles. The molecule has 0 aromatic carbocycles. The lowest BCUT2D eigenvalue weighted by atomic mass is 10.1. The van der Waals surface area contributed by atoms with Crippen molar-refractivity contribution in [1.82, 2.24) is 24.4 Å². The molecule has 0 radical (unpaired) electrons. The summed E-state index contributed by atoms with van der Waals surface area (Å²) < 4.78 is 2.72. The molecule has 10 nitrogen and oxygen atoms in total. The van der Waals surface area contributed by atoms with Crippen LogP contribution >= 0.6 is 31.9 Å². The summed E-state index contributed by atoms with van der Waals surface area (Å²) in [6, 6.07) is 0. The molecule has 0 saturated carbocycles. The van der Waals surface area contributed by atoms with E-state index in [1.165, 1.54) is 6.20 Å². The SMILES string of the molecule is CC(O)(CN1CCCN(c2ncc(Br)cn2)CC1)Cn1cc([N+](=O)[O-])nc1Br. The van der Waals surface area contributed by atoms with Gasteiger partial charge in [-0.3, -0.25) is 9.47 Å². The summed E-state index contributed by atoms with van der Waals surface area (Å²) in [7, 11) is 0. The van der Waals surface area contributed by atoms with Gasteiger partial charge in [0.05, 0.1) is 16.6 Å². The first-order valence-electron chi connectivity index (χ1n) is 8.78. The summed E-state index contributed by atoms with van der Waals surface area (Å²) in [5.74, 6) is 0.453. The molecule has 2 aromatic rings. The first kappa shape index (κ1) is 21.1. The molecule has 1 unspecified atom stereocenters. The van der Waals surface area contributed by atoms with Gasteiger partial charge in [-0.25, -0.2) is 9.97 Å². The van der Waals surface area contributed by atoms with Gasteiger partial charge >= 0.3 is 5.82 Å². The third kappa shape index (κ3) is 5.46. The van der Waals surface area contributed by atoms with Gasteiger partial charge in [0.1, 0.15) is 6.20 Å². The van der Waals surface area contributed by atoms with Crippen molar-refractivity contribution in [2.45, 2.75) is 25.5 Å². The summed E-state index contributed by atoms with van der Waals surface area (Å²) in [4.78, 5) is 27.2. The molecule has 0 aliphatic carbocycles. The van der Waals surface area contributed by atoms with Crippen LogP contribution in [0, 0.1) is 10.1 Å². The summed E-state index contributed by atoms with van der Waals surface area (Å²) in [5, 5.41) is 21.7. The van der Waals surface area contributed by atoms with Crippen molar-refractivity contribution in [2.24, 2.45) is 0 Å². The number of aromatic nitrogens is 4. The van der Waals surface area contributed by atoms with E-state index in [9.17, 15) is 15.2 Å². The number of halogens is 2. The van der Waals surface area contributed by atoms with E-state index in [4.69, 9.17) is 0 Å². The first-order chi connectivity index (χ1) is 13.2. The smallest absolute Gasteiger partial charge is 0.382 e. The molecule has 1 aliphatic heterocycles. The van der Waals surface area contributed by atoms with Crippen LogP contribution in [0.4, 0.5) is 11.8 Å². The highest BCUT2D eigenvalue weighted by Crippen LogP contribution is 2.21. The fraction of sp³-hybridized carbons (Fsp3) is 0.562. The summed E-state index contributed by atoms with van der Waals surface area (Å²) in [5.41, 5.74) is -1.07. The number of nitrogens with zero attached hydrogens (tertiary/aromatic N) is 7. The number of imidazole rings is 1. The fourth-order valence-electron chi connectivity index (χ4n) is 3.28. The number of β-amino-alcohol motifs (C(OH)–C–C–N with tert-alkyl or cyclic N) is 1. The molecule has 1 aliphatic rings. The zero-order valence-corrected chi connectivity index (χ0v) is 18.5. The molecule has 28 heavy (non-hydrogen) atoms. The van der Waals surface area contributed by atoms with Gasteiger partial charge in [-0.1, -0.05) is 0 Å². The number of rotatable bonds is 6. The predicted octanol–water partition coefficient (Wildman–Crippen LogP) is 2.07. The van der Waals surface area contributed by atoms with Crippen LogP contribution in [0.15, 0.2) is 27.8 Å². The highest BCUT2D eigenvalue weighted by molar-refractivity contribution is 9.10. The lowest BCUT2D eigenvalue weighted by molar-refractivity contribution is -0.389. The molecule has 1 N–H and O–H groups in total. The van der Waals surface area contributed by atoms with E-state index in [0.29, 0.717) is 17.2 Å². The molecule has 1 atom stereocenters. The number of anilines is 1. The van der Waals surface area contributed by atoms with Crippen LogP contribution in [0.2, 0.25) is 0 Å². The Morgan fingerprint density at radius 1 is 1.21 bits per heavy atom. The maximum atomic E-state index is 10.9. The lowest BCUT2D eigenvalue weighted by Gasteiger charge is -2.31. The zero-order chi connectivity index (χ0) is 20.3. The van der Waals surface area contributed by atoms with Crippen LogP contribution in [-0.4, -0.2) is 72.8 Å². The van der Waals surface area contributed by atoms with Crippen LogP contribution in [0.1, 0.15) is 13.3 Å². The van der Waals surface area contributed by atoms with Crippen molar-refractivity contribution >= 4 is 43.6 Å². The maximum absolute atomic E-state index is 10.9. The van der Waals surface area contributed by atoms with Crippen molar-refractivity contribution in [3.8, 4) is 0 Å². The number of hydrogen-bond donors (Lipinski definition) is 1. The molecule has 0 spiro atoms. The van der Waals surface area contributed by atoms with Crippen molar-refractivity contribution in [2.75, 3.05) is 37.6 Å². The molecule has 3 rings (SSSR count). The van der Waals surface area contributed by atoms with E-state index in [-0.39, 0.29) is 12.4 Å². The minimum absolute atomic E-state index is 0.199. The minimum Gasteiger partial charge on any atom is -0.387 e. The van der Waals surface area contributed by atoms with Crippen molar-refractivity contribution in [3.05, 3.63) is 37.9 Å². The Kier molecular flexibility index (Phi) is 6.63. The predicted molar refractivity (Wildman–Crippen MR) is 110 cm³/mol. The molecule has 1 fully saturated rings. The van der Waals surface area contributed by atoms with Gasteiger partial charge in [-0.2, -0.15) is 0 Å². The quantitative estimate of drug-likeness (QED) is 0.456. The van der Waals surface area contributed by atoms with Gasteiger partial charge in [-0.05, 0) is 39.2 Å². The molecule has 0 bridgehead atoms. The fourth-order valence-corrected chi connectivity index (χ4v) is 3.89. The van der Waals surface area contributed by atoms with Crippen LogP contribution < -0.4 is 4.90 Å². The Bertz CT molecular complexity index is 828. The van der Waals surface area contributed by atoms with Crippen molar-refractivity contribution < 1.29 is 10.0 Å². The van der Waals surface area contributed by atoms with Gasteiger partial charge in [0, 0.05) is 61.0 Å². The number of aliphatic hydroxyl groups is 1. The second kappa shape index (κ2) is 8.80. The average Bonchev–Trinajstić information content (AvgIpc) is 2.84. The normalized spacial score (nSPS) is 17.9. The van der Waals surface area contributed by atoms with E-state index in [0.717, 1.165) is 37.1 Å². The van der Waals surface area contributed by atoms with Crippen molar-refractivity contribution in [3.63, 3.8) is 0 Å². The van der Waals surface area contributed by atoms with E-state index < -0.39 is 10.5 Å². The summed E-state index contributed by atoms with van der Waals surface area (Å²) in [6.45, 7) is 5.59. The maximum Gasteiger partial charge on any atom is 0.382 e. The second-order valence-corrected chi connectivity index (χ2v) is 8.69. The molecule has 3 heterocycles. The van der Waals surface area contributed by atoms with Gasteiger partial charge in [-0.15, -0.1) is 0 Å². The first-order valence-corrected chi connectivity index (χ1v) is 10.4. The van der Waals surface area contributed by atoms with Crippen LogP contribution in [0.3, 0.4) is 0 Å². The third-order valence-corrected chi connectivity index (χ3v) is 5.50. The van der Waals surface area contributed by atoms with E-state index in [1.807, 2.05) is 0 Å². The van der Waals surface area contributed by atoms with Crippen LogP contribution in [0.5, 0.6) is 0 Å². The molecule has 152 valence electrons. The van der Waals surface area contributed by atoms with Crippen LogP contribution in [-0.2, 0) is 6.54 Å². The molecule has 12 heteroatoms. The molecular weight excluding hydrogens is 498 g/mol. The van der Waals surface area contributed by atoms with E-state index >= 15 is 0 Å². The average molecular weight is 519 g/mol. The highest BCUT2D eigenvalue weighted by atomic mass is 79.9. The largest absolute Gasteiger partial charge is 0.387 e. The monoisotopic (exact) mass is 517 g/mol. The minimum atomic E-state index is -1.07. The number of nitro groups is 1. The summed E-state index contributed by atoms with van der Waals surface area (Å²) >= 11 is 6.56. The van der Waals surface area contributed by atoms with Gasteiger partial charge in [0.2, 0.25) is 5.95 Å². The highest BCUT2D eigenvalue weighted by Gasteiger charge is 2.29. The standard InChI is InChI=1S/C16H21Br2N7O3/c1-16(26,11-24-9-13(25(27)28)21-14(24)18)10-22-3-2-4-23(6-5-22)15-19-7-12(17)8-20-15/h7-9,26H,2-6,10-11H2,1H3. The Balaban J connectivity index is 1.59. The van der Waals surface area contributed by atoms with E-state index in [2.05, 4.69) is 56.6 Å². The molecule has 0 amide bonds. The summed E-state index contributed by atoms with van der Waals surface area (Å²) in [6.07, 6.45) is 5.72. The van der Waals surface area contributed by atoms with Crippen LogP contribution in [0.25, 0.3) is 0 Å². The molecule has 2 aromatic heterocycles. The van der Waals surface area contributed by atoms with Gasteiger partial charge < -0.3 is 20.1 Å². The Morgan fingerprint density at radius 3 is 2.57 bits per heavy atom. The van der Waals surface area contributed by atoms with Gasteiger partial charge in [0.15, 0.2) is 0 Å². The second-order valence-electron chi connectivity index (χ2n) is 7.07. The van der Waals surface area contributed by atoms with E-state index in [1.54, 1.807) is 23.9 Å². The third-order valence-electron chi connectivity index (χ3n) is 4.46. The Labute approximate surface area is 179 Å². The number of hydrogen-bond acceptors (Lipinski definition) is 8.